The molecule has 0 aliphatic heterocycles. The summed E-state index contributed by atoms with van der Waals surface area (Å²) in [4.78, 5) is 21.9. The quantitative estimate of drug-likeness (QED) is 0.760. The fourth-order valence-electron chi connectivity index (χ4n) is 2.15. The van der Waals surface area contributed by atoms with Gasteiger partial charge in [-0.05, 0) is 42.6 Å². The molecule has 0 amide bonds. The molecule has 4 nitrogen and oxygen atoms in total. The highest BCUT2D eigenvalue weighted by Crippen LogP contribution is 2.26. The molecule has 5 heteroatoms. The number of allylic oxidation sites excluding steroid dienone is 4. The maximum Gasteiger partial charge on any atom is 0.173 e. The highest BCUT2D eigenvalue weighted by molar-refractivity contribution is 9.12. The normalized spacial score (nSPS) is 18.7. The van der Waals surface area contributed by atoms with Crippen molar-refractivity contribution in [1.82, 2.24) is 0 Å². The fraction of sp³-hybridized carbons (Fsp3) is 0.625. The van der Waals surface area contributed by atoms with Crippen LogP contribution < -0.4 is 0 Å². The Labute approximate surface area is 134 Å². The number of hydrogen-bond donors (Lipinski definition) is 0. The van der Waals surface area contributed by atoms with E-state index in [1.807, 2.05) is 13.8 Å². The molecule has 118 valence electrons. The van der Waals surface area contributed by atoms with Crippen molar-refractivity contribution in [3.05, 3.63) is 22.1 Å². The lowest BCUT2D eigenvalue weighted by Gasteiger charge is -2.14. The van der Waals surface area contributed by atoms with Crippen molar-refractivity contribution < 1.29 is 19.1 Å². The molecular formula is C16H23BrO4. The minimum absolute atomic E-state index is 0.166. The van der Waals surface area contributed by atoms with Crippen molar-refractivity contribution in [3.63, 3.8) is 0 Å². The zero-order chi connectivity index (χ0) is 15.7. The Morgan fingerprint density at radius 3 is 2.29 bits per heavy atom. The third-order valence-electron chi connectivity index (χ3n) is 3.11. The van der Waals surface area contributed by atoms with Crippen molar-refractivity contribution in [2.45, 2.75) is 52.4 Å². The zero-order valence-electron chi connectivity index (χ0n) is 12.7. The number of rotatable bonds is 4. The van der Waals surface area contributed by atoms with E-state index in [2.05, 4.69) is 15.9 Å². The highest BCUT2D eigenvalue weighted by Gasteiger charge is 2.18. The van der Waals surface area contributed by atoms with Crippen LogP contribution in [0.15, 0.2) is 22.1 Å². The summed E-state index contributed by atoms with van der Waals surface area (Å²) in [5.41, 5.74) is 0. The summed E-state index contributed by atoms with van der Waals surface area (Å²) in [5.74, 6) is 2.05. The van der Waals surface area contributed by atoms with Gasteiger partial charge in [-0.3, -0.25) is 9.59 Å². The Balaban J connectivity index is 0.000000211. The average Bonchev–Trinajstić information content (AvgIpc) is 2.45. The van der Waals surface area contributed by atoms with E-state index in [1.165, 1.54) is 0 Å². The van der Waals surface area contributed by atoms with Crippen molar-refractivity contribution in [2.75, 3.05) is 13.2 Å². The molecule has 2 aliphatic carbocycles. The highest BCUT2D eigenvalue weighted by atomic mass is 79.9. The summed E-state index contributed by atoms with van der Waals surface area (Å²) in [5, 5.41) is 0. The van der Waals surface area contributed by atoms with Crippen LogP contribution in [0, 0.1) is 0 Å². The SMILES string of the molecule is CCOC1=C(Br)C(=O)CCC1.CCOC1=CC(=O)CCC1. The van der Waals surface area contributed by atoms with E-state index in [-0.39, 0.29) is 11.6 Å². The van der Waals surface area contributed by atoms with Gasteiger partial charge in [-0.25, -0.2) is 0 Å². The number of ketones is 2. The number of Topliss-reactive ketones (excluding diaryl/α,β-unsaturated/α-hetero) is 1. The molecule has 2 rings (SSSR count). The van der Waals surface area contributed by atoms with E-state index in [0.29, 0.717) is 30.5 Å². The molecule has 0 radical (unpaired) electrons. The maximum atomic E-state index is 11.1. The molecule has 0 atom stereocenters. The molecular weight excluding hydrogens is 336 g/mol. The van der Waals surface area contributed by atoms with Gasteiger partial charge in [0, 0.05) is 31.8 Å². The van der Waals surface area contributed by atoms with Crippen LogP contribution in [0.2, 0.25) is 0 Å². The average molecular weight is 359 g/mol. The summed E-state index contributed by atoms with van der Waals surface area (Å²) in [6, 6.07) is 0. The smallest absolute Gasteiger partial charge is 0.173 e. The molecule has 0 aromatic rings. The maximum absolute atomic E-state index is 11.1. The summed E-state index contributed by atoms with van der Waals surface area (Å²) in [6.07, 6.45) is 6.65. The second-order valence-electron chi connectivity index (χ2n) is 4.81. The Morgan fingerprint density at radius 1 is 1.00 bits per heavy atom. The first-order valence-corrected chi connectivity index (χ1v) is 8.28. The zero-order valence-corrected chi connectivity index (χ0v) is 14.3. The van der Waals surface area contributed by atoms with Crippen molar-refractivity contribution in [2.24, 2.45) is 0 Å². The third-order valence-corrected chi connectivity index (χ3v) is 4.00. The predicted octanol–water partition coefficient (Wildman–Crippen LogP) is 4.04. The van der Waals surface area contributed by atoms with Crippen LogP contribution in [0.1, 0.15) is 52.4 Å². The van der Waals surface area contributed by atoms with E-state index >= 15 is 0 Å². The minimum Gasteiger partial charge on any atom is -0.498 e. The molecule has 0 unspecified atom stereocenters. The molecule has 21 heavy (non-hydrogen) atoms. The van der Waals surface area contributed by atoms with Crippen LogP contribution in [0.3, 0.4) is 0 Å². The molecule has 2 aliphatic rings. The summed E-state index contributed by atoms with van der Waals surface area (Å²) in [6.45, 7) is 5.16. The Hall–Kier alpha value is -1.10. The molecule has 0 bridgehead atoms. The van der Waals surface area contributed by atoms with Crippen LogP contribution in [-0.4, -0.2) is 24.8 Å². The van der Waals surface area contributed by atoms with Crippen molar-refractivity contribution >= 4 is 27.5 Å². The lowest BCUT2D eigenvalue weighted by atomic mass is 10.1. The first kappa shape index (κ1) is 18.0. The minimum atomic E-state index is 0.166. The van der Waals surface area contributed by atoms with E-state index in [9.17, 15) is 9.59 Å². The molecule has 0 N–H and O–H groups in total. The van der Waals surface area contributed by atoms with E-state index in [4.69, 9.17) is 9.47 Å². The number of carbonyl (C=O) groups excluding carboxylic acids is 2. The van der Waals surface area contributed by atoms with Crippen LogP contribution in [0.4, 0.5) is 0 Å². The summed E-state index contributed by atoms with van der Waals surface area (Å²) in [7, 11) is 0. The molecule has 0 spiro atoms. The van der Waals surface area contributed by atoms with E-state index < -0.39 is 0 Å². The first-order valence-electron chi connectivity index (χ1n) is 7.49. The number of halogens is 1. The molecule has 0 fully saturated rings. The monoisotopic (exact) mass is 358 g/mol. The molecule has 0 aromatic carbocycles. The van der Waals surface area contributed by atoms with Crippen LogP contribution in [-0.2, 0) is 19.1 Å². The van der Waals surface area contributed by atoms with E-state index in [0.717, 1.165) is 37.2 Å². The fourth-order valence-corrected chi connectivity index (χ4v) is 2.67. The summed E-state index contributed by atoms with van der Waals surface area (Å²) < 4.78 is 11.1. The van der Waals surface area contributed by atoms with Gasteiger partial charge in [0.15, 0.2) is 11.6 Å². The van der Waals surface area contributed by atoms with Gasteiger partial charge >= 0.3 is 0 Å². The van der Waals surface area contributed by atoms with Gasteiger partial charge < -0.3 is 9.47 Å². The Morgan fingerprint density at radius 2 is 1.67 bits per heavy atom. The number of hydrogen-bond acceptors (Lipinski definition) is 4. The van der Waals surface area contributed by atoms with Gasteiger partial charge in [-0.2, -0.15) is 0 Å². The van der Waals surface area contributed by atoms with Crippen LogP contribution >= 0.6 is 15.9 Å². The van der Waals surface area contributed by atoms with E-state index in [1.54, 1.807) is 6.08 Å². The van der Waals surface area contributed by atoms with Crippen molar-refractivity contribution in [3.8, 4) is 0 Å². The first-order chi connectivity index (χ1) is 10.1. The Kier molecular flexibility index (Phi) is 8.35. The second-order valence-corrected chi connectivity index (χ2v) is 5.60. The standard InChI is InChI=1S/C8H11BrO2.C8H12O2/c1-2-11-7-5-3-4-6(10)8(7)9;1-2-10-8-5-3-4-7(9)6-8/h2-5H2,1H3;6H,2-5H2,1H3. The van der Waals surface area contributed by atoms with Gasteiger partial charge in [-0.15, -0.1) is 0 Å². The number of carbonyl (C=O) groups is 2. The second kappa shape index (κ2) is 9.77. The predicted molar refractivity (Wildman–Crippen MR) is 85.0 cm³/mol. The molecule has 0 saturated heterocycles. The number of ether oxygens (including phenoxy) is 2. The molecule has 0 saturated carbocycles. The Bertz CT molecular complexity index is 438. The molecule has 0 heterocycles. The van der Waals surface area contributed by atoms with Gasteiger partial charge in [0.05, 0.1) is 23.5 Å². The van der Waals surface area contributed by atoms with Gasteiger partial charge in [0.1, 0.15) is 5.76 Å². The van der Waals surface area contributed by atoms with Gasteiger partial charge in [0.25, 0.3) is 0 Å². The third kappa shape index (κ3) is 6.46. The largest absolute Gasteiger partial charge is 0.498 e. The van der Waals surface area contributed by atoms with Crippen molar-refractivity contribution in [1.29, 1.82) is 0 Å². The van der Waals surface area contributed by atoms with Crippen LogP contribution in [0.5, 0.6) is 0 Å². The topological polar surface area (TPSA) is 52.6 Å². The molecule has 0 aromatic heterocycles. The lowest BCUT2D eigenvalue weighted by molar-refractivity contribution is -0.116. The summed E-state index contributed by atoms with van der Waals surface area (Å²) >= 11 is 3.23. The van der Waals surface area contributed by atoms with Gasteiger partial charge in [-0.1, -0.05) is 0 Å². The van der Waals surface area contributed by atoms with Gasteiger partial charge in [0.2, 0.25) is 0 Å². The van der Waals surface area contributed by atoms with Crippen LogP contribution in [0.25, 0.3) is 0 Å². The lowest BCUT2D eigenvalue weighted by Crippen LogP contribution is -2.09.